The molecule has 0 radical (unpaired) electrons. The van der Waals surface area contributed by atoms with Gasteiger partial charge < -0.3 is 10.0 Å². The van der Waals surface area contributed by atoms with Gasteiger partial charge in [-0.05, 0) is 49.9 Å². The van der Waals surface area contributed by atoms with Gasteiger partial charge in [-0.25, -0.2) is 0 Å². The van der Waals surface area contributed by atoms with Crippen LogP contribution >= 0.6 is 0 Å². The largest absolute Gasteiger partial charge is 0.391 e. The number of aliphatic hydroxyl groups excluding tert-OH is 1. The fraction of sp³-hybridized carbons (Fsp3) is 0.455. The number of aryl methyl sites for hydroxylation is 2. The SMILES string of the molecule is Cc1ccc2c(c1)CCCN2C(=O)CN1C[C@@H](Cc2ccccn2)[C@H](O)C1. The summed E-state index contributed by atoms with van der Waals surface area (Å²) in [7, 11) is 0. The lowest BCUT2D eigenvalue weighted by Gasteiger charge is -2.31. The zero-order chi connectivity index (χ0) is 18.8. The molecule has 1 N–H and O–H groups in total. The minimum Gasteiger partial charge on any atom is -0.391 e. The molecule has 0 aliphatic carbocycles. The molecule has 2 aliphatic rings. The molecule has 5 heteroatoms. The van der Waals surface area contributed by atoms with Crippen molar-refractivity contribution in [3.05, 3.63) is 59.4 Å². The van der Waals surface area contributed by atoms with Crippen LogP contribution in [0.2, 0.25) is 0 Å². The van der Waals surface area contributed by atoms with Crippen LogP contribution in [0.15, 0.2) is 42.6 Å². The van der Waals surface area contributed by atoms with Gasteiger partial charge in [0, 0.05) is 43.1 Å². The van der Waals surface area contributed by atoms with Crippen molar-refractivity contribution >= 4 is 11.6 Å². The molecule has 0 unspecified atom stereocenters. The number of anilines is 1. The summed E-state index contributed by atoms with van der Waals surface area (Å²) in [6, 6.07) is 12.2. The van der Waals surface area contributed by atoms with Crippen molar-refractivity contribution < 1.29 is 9.90 Å². The highest BCUT2D eigenvalue weighted by molar-refractivity contribution is 5.96. The van der Waals surface area contributed by atoms with E-state index < -0.39 is 6.10 Å². The van der Waals surface area contributed by atoms with Crippen LogP contribution in [0.25, 0.3) is 0 Å². The fourth-order valence-electron chi connectivity index (χ4n) is 4.32. The second kappa shape index (κ2) is 7.79. The van der Waals surface area contributed by atoms with Crippen molar-refractivity contribution in [2.45, 2.75) is 32.3 Å². The molecule has 0 spiro atoms. The summed E-state index contributed by atoms with van der Waals surface area (Å²) in [6.07, 6.45) is 4.17. The summed E-state index contributed by atoms with van der Waals surface area (Å²) < 4.78 is 0. The fourth-order valence-corrected chi connectivity index (χ4v) is 4.32. The van der Waals surface area contributed by atoms with Crippen LogP contribution in [-0.2, 0) is 17.6 Å². The van der Waals surface area contributed by atoms with Crippen LogP contribution in [-0.4, -0.2) is 53.2 Å². The molecule has 2 atom stereocenters. The molecule has 2 aliphatic heterocycles. The number of rotatable bonds is 4. The molecule has 3 heterocycles. The maximum atomic E-state index is 13.0. The first kappa shape index (κ1) is 18.1. The maximum absolute atomic E-state index is 13.0. The van der Waals surface area contributed by atoms with Gasteiger partial charge in [0.15, 0.2) is 0 Å². The van der Waals surface area contributed by atoms with E-state index in [0.717, 1.165) is 43.7 Å². The minimum atomic E-state index is -0.406. The Morgan fingerprint density at radius 3 is 2.96 bits per heavy atom. The van der Waals surface area contributed by atoms with Gasteiger partial charge in [0.25, 0.3) is 0 Å². The number of benzene rings is 1. The molecule has 1 amide bonds. The Morgan fingerprint density at radius 1 is 1.26 bits per heavy atom. The van der Waals surface area contributed by atoms with E-state index in [2.05, 4.69) is 35.0 Å². The molecule has 5 nitrogen and oxygen atoms in total. The lowest BCUT2D eigenvalue weighted by Crippen LogP contribution is -2.42. The van der Waals surface area contributed by atoms with Crippen LogP contribution in [0.5, 0.6) is 0 Å². The molecule has 1 fully saturated rings. The monoisotopic (exact) mass is 365 g/mol. The van der Waals surface area contributed by atoms with Gasteiger partial charge in [0.1, 0.15) is 0 Å². The van der Waals surface area contributed by atoms with E-state index in [1.807, 2.05) is 23.1 Å². The normalized spacial score (nSPS) is 22.7. The first-order valence-electron chi connectivity index (χ1n) is 9.80. The number of pyridine rings is 1. The molecule has 0 bridgehead atoms. The van der Waals surface area contributed by atoms with Crippen LogP contribution in [0, 0.1) is 12.8 Å². The van der Waals surface area contributed by atoms with Crippen LogP contribution in [0.3, 0.4) is 0 Å². The average Bonchev–Trinajstić information content (AvgIpc) is 3.00. The number of carbonyl (C=O) groups is 1. The molecule has 1 aromatic carbocycles. The molecule has 2 aromatic rings. The Balaban J connectivity index is 1.39. The average molecular weight is 365 g/mol. The zero-order valence-electron chi connectivity index (χ0n) is 15.8. The number of β-amino-alcohol motifs (C(OH)–C–C–N with tert-alkyl or cyclic N) is 1. The summed E-state index contributed by atoms with van der Waals surface area (Å²) >= 11 is 0. The third-order valence-corrected chi connectivity index (χ3v) is 5.69. The molecule has 27 heavy (non-hydrogen) atoms. The number of aromatic nitrogens is 1. The molecular formula is C22H27N3O2. The smallest absolute Gasteiger partial charge is 0.241 e. The van der Waals surface area contributed by atoms with E-state index >= 15 is 0 Å². The second-order valence-corrected chi connectivity index (χ2v) is 7.83. The minimum absolute atomic E-state index is 0.129. The van der Waals surface area contributed by atoms with Crippen molar-refractivity contribution in [1.29, 1.82) is 0 Å². The summed E-state index contributed by atoms with van der Waals surface area (Å²) in [5, 5.41) is 10.4. The summed E-state index contributed by atoms with van der Waals surface area (Å²) in [5.41, 5.74) is 4.56. The first-order valence-corrected chi connectivity index (χ1v) is 9.80. The summed E-state index contributed by atoms with van der Waals surface area (Å²) in [5.74, 6) is 0.259. The van der Waals surface area contributed by atoms with Crippen molar-refractivity contribution in [3.8, 4) is 0 Å². The van der Waals surface area contributed by atoms with Crippen molar-refractivity contribution in [2.24, 2.45) is 5.92 Å². The van der Waals surface area contributed by atoms with Gasteiger partial charge in [0.2, 0.25) is 5.91 Å². The summed E-state index contributed by atoms with van der Waals surface area (Å²) in [4.78, 5) is 21.3. The van der Waals surface area contributed by atoms with Crippen molar-refractivity contribution in [2.75, 3.05) is 31.1 Å². The number of likely N-dealkylation sites (tertiary alicyclic amines) is 1. The predicted octanol–water partition coefficient (Wildman–Crippen LogP) is 2.20. The van der Waals surface area contributed by atoms with Gasteiger partial charge in [-0.1, -0.05) is 23.8 Å². The topological polar surface area (TPSA) is 56.7 Å². The van der Waals surface area contributed by atoms with E-state index in [9.17, 15) is 9.90 Å². The highest BCUT2D eigenvalue weighted by atomic mass is 16.3. The van der Waals surface area contributed by atoms with E-state index in [1.54, 1.807) is 6.20 Å². The quantitative estimate of drug-likeness (QED) is 0.903. The van der Waals surface area contributed by atoms with Gasteiger partial charge in [-0.15, -0.1) is 0 Å². The number of hydrogen-bond donors (Lipinski definition) is 1. The van der Waals surface area contributed by atoms with E-state index in [1.165, 1.54) is 11.1 Å². The Labute approximate surface area is 160 Å². The summed E-state index contributed by atoms with van der Waals surface area (Å²) in [6.45, 7) is 4.52. The van der Waals surface area contributed by atoms with Gasteiger partial charge in [-0.3, -0.25) is 14.7 Å². The molecule has 1 aromatic heterocycles. The number of amides is 1. The molecule has 1 saturated heterocycles. The standard InChI is InChI=1S/C22H27N3O2/c1-16-7-8-20-17(11-16)5-4-10-25(20)22(27)15-24-13-18(21(26)14-24)12-19-6-2-3-9-23-19/h2-3,6-9,11,18,21,26H,4-5,10,12-15H2,1H3/t18-,21-/m1/s1. The van der Waals surface area contributed by atoms with E-state index in [-0.39, 0.29) is 11.8 Å². The van der Waals surface area contributed by atoms with Gasteiger partial charge >= 0.3 is 0 Å². The molecular weight excluding hydrogens is 338 g/mol. The van der Waals surface area contributed by atoms with Crippen molar-refractivity contribution in [3.63, 3.8) is 0 Å². The van der Waals surface area contributed by atoms with Gasteiger partial charge in [0.05, 0.1) is 12.6 Å². The Hall–Kier alpha value is -2.24. The maximum Gasteiger partial charge on any atom is 0.241 e. The molecule has 142 valence electrons. The first-order chi connectivity index (χ1) is 13.1. The third-order valence-electron chi connectivity index (χ3n) is 5.69. The third kappa shape index (κ3) is 4.04. The predicted molar refractivity (Wildman–Crippen MR) is 106 cm³/mol. The van der Waals surface area contributed by atoms with Crippen LogP contribution in [0.4, 0.5) is 5.69 Å². The number of fused-ring (bicyclic) bond motifs is 1. The highest BCUT2D eigenvalue weighted by Crippen LogP contribution is 2.29. The zero-order valence-corrected chi connectivity index (χ0v) is 15.8. The van der Waals surface area contributed by atoms with Crippen molar-refractivity contribution in [1.82, 2.24) is 9.88 Å². The Morgan fingerprint density at radius 2 is 2.15 bits per heavy atom. The van der Waals surface area contributed by atoms with E-state index in [0.29, 0.717) is 13.1 Å². The van der Waals surface area contributed by atoms with Crippen LogP contribution in [0.1, 0.15) is 23.2 Å². The van der Waals surface area contributed by atoms with Gasteiger partial charge in [-0.2, -0.15) is 0 Å². The number of hydrogen-bond acceptors (Lipinski definition) is 4. The number of nitrogens with zero attached hydrogens (tertiary/aromatic N) is 3. The lowest BCUT2D eigenvalue weighted by atomic mass is 9.99. The Kier molecular flexibility index (Phi) is 5.23. The highest BCUT2D eigenvalue weighted by Gasteiger charge is 2.34. The van der Waals surface area contributed by atoms with Crippen LogP contribution < -0.4 is 4.90 Å². The molecule has 4 rings (SSSR count). The number of carbonyl (C=O) groups excluding carboxylic acids is 1. The molecule has 0 saturated carbocycles. The lowest BCUT2D eigenvalue weighted by molar-refractivity contribution is -0.119. The second-order valence-electron chi connectivity index (χ2n) is 7.83. The number of aliphatic hydroxyl groups is 1. The Bertz CT molecular complexity index is 808. The van der Waals surface area contributed by atoms with E-state index in [4.69, 9.17) is 0 Å².